The molecule has 1 aromatic carbocycles. The van der Waals surface area contributed by atoms with E-state index in [4.69, 9.17) is 0 Å². The monoisotopic (exact) mass is 386 g/mol. The third kappa shape index (κ3) is 4.17. The van der Waals surface area contributed by atoms with E-state index in [-0.39, 0.29) is 23.7 Å². The SMILES string of the molecule is CCn1c(=O)n(CC(=O)NCC(C)(C)N2CC(C)CC(C)C2)c2ccccc21. The molecule has 2 heterocycles. The number of imidazole rings is 1. The maximum atomic E-state index is 12.7. The van der Waals surface area contributed by atoms with Gasteiger partial charge in [-0.05, 0) is 51.2 Å². The molecule has 1 N–H and O–H groups in total. The third-order valence-electron chi connectivity index (χ3n) is 5.99. The maximum Gasteiger partial charge on any atom is 0.329 e. The molecule has 154 valence electrons. The van der Waals surface area contributed by atoms with Crippen LogP contribution in [0.1, 0.15) is 41.0 Å². The number of amides is 1. The Hall–Kier alpha value is -2.08. The molecule has 0 saturated carbocycles. The van der Waals surface area contributed by atoms with Crippen LogP contribution in [0.15, 0.2) is 29.1 Å². The van der Waals surface area contributed by atoms with Crippen LogP contribution in [-0.4, -0.2) is 45.1 Å². The van der Waals surface area contributed by atoms with Crippen LogP contribution in [0, 0.1) is 11.8 Å². The molecule has 6 heteroatoms. The van der Waals surface area contributed by atoms with Crippen LogP contribution in [0.4, 0.5) is 0 Å². The Morgan fingerprint density at radius 3 is 2.25 bits per heavy atom. The van der Waals surface area contributed by atoms with E-state index in [1.54, 1.807) is 9.13 Å². The van der Waals surface area contributed by atoms with Gasteiger partial charge in [0.1, 0.15) is 6.54 Å². The highest BCUT2D eigenvalue weighted by molar-refractivity contribution is 5.81. The normalized spacial score (nSPS) is 21.2. The van der Waals surface area contributed by atoms with Crippen molar-refractivity contribution in [2.24, 2.45) is 11.8 Å². The first-order valence-electron chi connectivity index (χ1n) is 10.4. The molecule has 1 aliphatic heterocycles. The summed E-state index contributed by atoms with van der Waals surface area (Å²) in [4.78, 5) is 27.9. The lowest BCUT2D eigenvalue weighted by atomic mass is 9.88. The van der Waals surface area contributed by atoms with E-state index < -0.39 is 0 Å². The Balaban J connectivity index is 1.69. The smallest absolute Gasteiger partial charge is 0.329 e. The summed E-state index contributed by atoms with van der Waals surface area (Å²) in [6, 6.07) is 7.65. The fourth-order valence-corrected chi connectivity index (χ4v) is 4.51. The fraction of sp³-hybridized carbons (Fsp3) is 0.636. The molecule has 2 atom stereocenters. The predicted octanol–water partition coefficient (Wildman–Crippen LogP) is 2.70. The van der Waals surface area contributed by atoms with Crippen molar-refractivity contribution in [1.29, 1.82) is 0 Å². The number of benzene rings is 1. The predicted molar refractivity (Wildman–Crippen MR) is 113 cm³/mol. The van der Waals surface area contributed by atoms with Crippen LogP contribution in [0.5, 0.6) is 0 Å². The highest BCUT2D eigenvalue weighted by atomic mass is 16.2. The molecule has 6 nitrogen and oxygen atoms in total. The Bertz CT molecular complexity index is 886. The van der Waals surface area contributed by atoms with E-state index in [0.29, 0.717) is 24.9 Å². The number of hydrogen-bond donors (Lipinski definition) is 1. The number of nitrogens with one attached hydrogen (secondary N) is 1. The summed E-state index contributed by atoms with van der Waals surface area (Å²) in [7, 11) is 0. The van der Waals surface area contributed by atoms with E-state index in [1.165, 1.54) is 6.42 Å². The summed E-state index contributed by atoms with van der Waals surface area (Å²) >= 11 is 0. The third-order valence-corrected chi connectivity index (χ3v) is 5.99. The number of hydrogen-bond acceptors (Lipinski definition) is 3. The summed E-state index contributed by atoms with van der Waals surface area (Å²) < 4.78 is 3.29. The van der Waals surface area contributed by atoms with E-state index in [2.05, 4.69) is 37.9 Å². The Labute approximate surface area is 167 Å². The first-order chi connectivity index (χ1) is 13.2. The van der Waals surface area contributed by atoms with Gasteiger partial charge in [-0.15, -0.1) is 0 Å². The van der Waals surface area contributed by atoms with Crippen LogP contribution in [0.2, 0.25) is 0 Å². The van der Waals surface area contributed by atoms with Crippen molar-refractivity contribution in [3.8, 4) is 0 Å². The molecule has 3 rings (SSSR count). The van der Waals surface area contributed by atoms with Gasteiger partial charge in [-0.3, -0.25) is 18.8 Å². The molecule has 1 fully saturated rings. The van der Waals surface area contributed by atoms with Crippen LogP contribution < -0.4 is 11.0 Å². The van der Waals surface area contributed by atoms with Gasteiger partial charge in [0.05, 0.1) is 11.0 Å². The lowest BCUT2D eigenvalue weighted by Crippen LogP contribution is -2.56. The largest absolute Gasteiger partial charge is 0.353 e. The van der Waals surface area contributed by atoms with Gasteiger partial charge < -0.3 is 5.32 Å². The van der Waals surface area contributed by atoms with Gasteiger partial charge in [0.25, 0.3) is 0 Å². The van der Waals surface area contributed by atoms with Gasteiger partial charge in [0, 0.05) is 31.7 Å². The van der Waals surface area contributed by atoms with E-state index in [9.17, 15) is 9.59 Å². The zero-order valence-electron chi connectivity index (χ0n) is 17.9. The van der Waals surface area contributed by atoms with Gasteiger partial charge in [0.2, 0.25) is 5.91 Å². The van der Waals surface area contributed by atoms with Gasteiger partial charge in [0.15, 0.2) is 0 Å². The molecule has 28 heavy (non-hydrogen) atoms. The molecule has 1 aliphatic rings. The van der Waals surface area contributed by atoms with E-state index >= 15 is 0 Å². The average Bonchev–Trinajstić information content (AvgIpc) is 2.91. The van der Waals surface area contributed by atoms with Crippen molar-refractivity contribution in [2.45, 2.75) is 59.7 Å². The molecule has 0 bridgehead atoms. The summed E-state index contributed by atoms with van der Waals surface area (Å²) in [5.74, 6) is 1.24. The number of fused-ring (bicyclic) bond motifs is 1. The summed E-state index contributed by atoms with van der Waals surface area (Å²) in [5, 5.41) is 3.07. The zero-order valence-corrected chi connectivity index (χ0v) is 17.9. The van der Waals surface area contributed by atoms with Crippen molar-refractivity contribution >= 4 is 16.9 Å². The van der Waals surface area contributed by atoms with Crippen molar-refractivity contribution in [3.05, 3.63) is 34.7 Å². The zero-order chi connectivity index (χ0) is 20.5. The Kier molecular flexibility index (Phi) is 5.98. The maximum absolute atomic E-state index is 12.7. The molecule has 2 aromatic rings. The van der Waals surface area contributed by atoms with Gasteiger partial charge in [-0.25, -0.2) is 4.79 Å². The standard InChI is InChI=1S/C22H34N4O2/c1-6-25-18-9-7-8-10-19(18)26(21(25)28)14-20(27)23-15-22(4,5)24-12-16(2)11-17(3)13-24/h7-10,16-17H,6,11-15H2,1-5H3,(H,23,27). The first-order valence-corrected chi connectivity index (χ1v) is 10.4. The van der Waals surface area contributed by atoms with Crippen molar-refractivity contribution in [3.63, 3.8) is 0 Å². The highest BCUT2D eigenvalue weighted by Crippen LogP contribution is 2.26. The first kappa shape index (κ1) is 20.6. The Morgan fingerprint density at radius 2 is 1.68 bits per heavy atom. The molecule has 1 saturated heterocycles. The molecule has 1 amide bonds. The number of carbonyl (C=O) groups excluding carboxylic acids is 1. The van der Waals surface area contributed by atoms with Crippen LogP contribution in [0.3, 0.4) is 0 Å². The topological polar surface area (TPSA) is 59.3 Å². The number of para-hydroxylation sites is 2. The van der Waals surface area contributed by atoms with Crippen LogP contribution >= 0.6 is 0 Å². The molecule has 0 spiro atoms. The molecular weight excluding hydrogens is 352 g/mol. The number of carbonyl (C=O) groups is 1. The van der Waals surface area contributed by atoms with Crippen LogP contribution in [-0.2, 0) is 17.9 Å². The molecule has 0 radical (unpaired) electrons. The Morgan fingerprint density at radius 1 is 1.11 bits per heavy atom. The van der Waals surface area contributed by atoms with Crippen molar-refractivity contribution in [1.82, 2.24) is 19.4 Å². The molecule has 2 unspecified atom stereocenters. The minimum atomic E-state index is -0.128. The number of likely N-dealkylation sites (tertiary alicyclic amines) is 1. The van der Waals surface area contributed by atoms with E-state index in [1.807, 2.05) is 31.2 Å². The number of aryl methyl sites for hydroxylation is 1. The molecular formula is C22H34N4O2. The van der Waals surface area contributed by atoms with E-state index in [0.717, 1.165) is 24.1 Å². The van der Waals surface area contributed by atoms with Crippen molar-refractivity contribution in [2.75, 3.05) is 19.6 Å². The second-order valence-corrected chi connectivity index (χ2v) is 9.04. The van der Waals surface area contributed by atoms with Crippen LogP contribution in [0.25, 0.3) is 11.0 Å². The molecule has 0 aliphatic carbocycles. The minimum absolute atomic E-state index is 0.0508. The number of piperidine rings is 1. The number of rotatable bonds is 6. The fourth-order valence-electron chi connectivity index (χ4n) is 4.51. The summed E-state index contributed by atoms with van der Waals surface area (Å²) in [6.07, 6.45) is 1.27. The average molecular weight is 387 g/mol. The number of aromatic nitrogens is 2. The second kappa shape index (κ2) is 8.11. The quantitative estimate of drug-likeness (QED) is 0.830. The minimum Gasteiger partial charge on any atom is -0.353 e. The second-order valence-electron chi connectivity index (χ2n) is 9.04. The molecule has 1 aromatic heterocycles. The van der Waals surface area contributed by atoms with Gasteiger partial charge in [-0.1, -0.05) is 26.0 Å². The van der Waals surface area contributed by atoms with Gasteiger partial charge in [-0.2, -0.15) is 0 Å². The summed E-state index contributed by atoms with van der Waals surface area (Å²) in [5.41, 5.74) is 1.44. The summed E-state index contributed by atoms with van der Waals surface area (Å²) in [6.45, 7) is 14.3. The van der Waals surface area contributed by atoms with Gasteiger partial charge >= 0.3 is 5.69 Å². The van der Waals surface area contributed by atoms with Crippen molar-refractivity contribution < 1.29 is 4.79 Å². The lowest BCUT2D eigenvalue weighted by molar-refractivity contribution is -0.122. The highest BCUT2D eigenvalue weighted by Gasteiger charge is 2.33. The lowest BCUT2D eigenvalue weighted by Gasteiger charge is -2.45. The number of nitrogens with zero attached hydrogens (tertiary/aromatic N) is 3.